The van der Waals surface area contributed by atoms with Crippen LogP contribution in [0.3, 0.4) is 0 Å². The smallest absolute Gasteiger partial charge is 0.251 e. The first-order valence-corrected chi connectivity index (χ1v) is 6.89. The van der Waals surface area contributed by atoms with Gasteiger partial charge in [0.15, 0.2) is 0 Å². The van der Waals surface area contributed by atoms with Crippen LogP contribution in [0.1, 0.15) is 30.1 Å². The number of rotatable bonds is 6. The molecule has 0 aliphatic heterocycles. The molecular formula is C13H18INO2. The summed E-state index contributed by atoms with van der Waals surface area (Å²) >= 11 is 2.21. The molecule has 0 aliphatic rings. The van der Waals surface area contributed by atoms with Crippen LogP contribution in [-0.2, 0) is 0 Å². The SMILES string of the molecule is CCC(CCO)CNC(=O)c1ccc(I)cc1. The van der Waals surface area contributed by atoms with Crippen LogP contribution in [0.15, 0.2) is 24.3 Å². The molecule has 0 heterocycles. The molecule has 0 aromatic heterocycles. The average molecular weight is 347 g/mol. The Kier molecular flexibility index (Phi) is 6.50. The van der Waals surface area contributed by atoms with Gasteiger partial charge in [-0.3, -0.25) is 4.79 Å². The van der Waals surface area contributed by atoms with E-state index in [4.69, 9.17) is 5.11 Å². The fraction of sp³-hybridized carbons (Fsp3) is 0.462. The number of hydrogen-bond donors (Lipinski definition) is 2. The number of halogens is 1. The third-order valence-electron chi connectivity index (χ3n) is 2.77. The molecule has 0 radical (unpaired) electrons. The first-order chi connectivity index (χ1) is 8.17. The lowest BCUT2D eigenvalue weighted by Gasteiger charge is -2.14. The number of carbonyl (C=O) groups is 1. The van der Waals surface area contributed by atoms with Crippen LogP contribution in [0, 0.1) is 9.49 Å². The Morgan fingerprint density at radius 2 is 2.06 bits per heavy atom. The van der Waals surface area contributed by atoms with Crippen molar-refractivity contribution < 1.29 is 9.90 Å². The van der Waals surface area contributed by atoms with Crippen molar-refractivity contribution in [3.05, 3.63) is 33.4 Å². The molecule has 0 fully saturated rings. The molecule has 17 heavy (non-hydrogen) atoms. The Hall–Kier alpha value is -0.620. The van der Waals surface area contributed by atoms with E-state index in [1.807, 2.05) is 24.3 Å². The first-order valence-electron chi connectivity index (χ1n) is 5.82. The highest BCUT2D eigenvalue weighted by Crippen LogP contribution is 2.08. The maximum absolute atomic E-state index is 11.8. The van der Waals surface area contributed by atoms with Crippen molar-refractivity contribution in [2.75, 3.05) is 13.2 Å². The average Bonchev–Trinajstić information content (AvgIpc) is 2.35. The van der Waals surface area contributed by atoms with Crippen LogP contribution in [0.4, 0.5) is 0 Å². The molecule has 3 nitrogen and oxygen atoms in total. The van der Waals surface area contributed by atoms with E-state index in [9.17, 15) is 4.79 Å². The topological polar surface area (TPSA) is 49.3 Å². The molecule has 0 spiro atoms. The molecule has 0 aliphatic carbocycles. The summed E-state index contributed by atoms with van der Waals surface area (Å²) in [5, 5.41) is 11.8. The molecule has 1 rings (SSSR count). The minimum absolute atomic E-state index is 0.0437. The maximum Gasteiger partial charge on any atom is 0.251 e. The summed E-state index contributed by atoms with van der Waals surface area (Å²) in [5.74, 6) is 0.311. The van der Waals surface area contributed by atoms with Crippen molar-refractivity contribution in [3.8, 4) is 0 Å². The lowest BCUT2D eigenvalue weighted by Crippen LogP contribution is -2.29. The maximum atomic E-state index is 11.8. The number of aliphatic hydroxyl groups is 1. The summed E-state index contributed by atoms with van der Waals surface area (Å²) in [6, 6.07) is 7.48. The zero-order valence-electron chi connectivity index (χ0n) is 9.95. The number of hydrogen-bond acceptors (Lipinski definition) is 2. The molecule has 94 valence electrons. The third kappa shape index (κ3) is 5.04. The first kappa shape index (κ1) is 14.4. The van der Waals surface area contributed by atoms with Crippen molar-refractivity contribution in [2.45, 2.75) is 19.8 Å². The number of benzene rings is 1. The molecule has 1 unspecified atom stereocenters. The minimum Gasteiger partial charge on any atom is -0.396 e. The van der Waals surface area contributed by atoms with Gasteiger partial charge in [0.1, 0.15) is 0 Å². The largest absolute Gasteiger partial charge is 0.396 e. The van der Waals surface area contributed by atoms with Crippen molar-refractivity contribution >= 4 is 28.5 Å². The summed E-state index contributed by atoms with van der Waals surface area (Å²) in [7, 11) is 0. The highest BCUT2D eigenvalue weighted by atomic mass is 127. The van der Waals surface area contributed by atoms with Gasteiger partial charge in [0.05, 0.1) is 0 Å². The van der Waals surface area contributed by atoms with Gasteiger partial charge in [-0.05, 0) is 59.2 Å². The Morgan fingerprint density at radius 1 is 1.41 bits per heavy atom. The van der Waals surface area contributed by atoms with Crippen LogP contribution >= 0.6 is 22.6 Å². The monoisotopic (exact) mass is 347 g/mol. The highest BCUT2D eigenvalue weighted by molar-refractivity contribution is 14.1. The van der Waals surface area contributed by atoms with Gasteiger partial charge in [-0.25, -0.2) is 0 Å². The quantitative estimate of drug-likeness (QED) is 0.777. The number of aliphatic hydroxyl groups excluding tert-OH is 1. The highest BCUT2D eigenvalue weighted by Gasteiger charge is 2.09. The van der Waals surface area contributed by atoms with Gasteiger partial charge in [-0.2, -0.15) is 0 Å². The number of carbonyl (C=O) groups excluding carboxylic acids is 1. The van der Waals surface area contributed by atoms with Crippen LogP contribution in [0.2, 0.25) is 0 Å². The molecule has 1 aromatic carbocycles. The molecule has 1 aromatic rings. The Bertz CT molecular complexity index is 351. The van der Waals surface area contributed by atoms with E-state index in [0.717, 1.165) is 16.4 Å². The van der Waals surface area contributed by atoms with Gasteiger partial charge < -0.3 is 10.4 Å². The van der Waals surface area contributed by atoms with Gasteiger partial charge in [0, 0.05) is 22.3 Å². The summed E-state index contributed by atoms with van der Waals surface area (Å²) < 4.78 is 1.12. The fourth-order valence-corrected chi connectivity index (χ4v) is 1.93. The summed E-state index contributed by atoms with van der Waals surface area (Å²) in [6.07, 6.45) is 1.71. The zero-order chi connectivity index (χ0) is 12.7. The normalized spacial score (nSPS) is 12.2. The van der Waals surface area contributed by atoms with E-state index >= 15 is 0 Å². The number of nitrogens with one attached hydrogen (secondary N) is 1. The lowest BCUT2D eigenvalue weighted by molar-refractivity contribution is 0.0943. The number of amides is 1. The minimum atomic E-state index is -0.0437. The predicted molar refractivity (Wildman–Crippen MR) is 77.0 cm³/mol. The van der Waals surface area contributed by atoms with Crippen molar-refractivity contribution in [2.24, 2.45) is 5.92 Å². The Labute approximate surface area is 116 Å². The van der Waals surface area contributed by atoms with Crippen LogP contribution in [0.25, 0.3) is 0 Å². The lowest BCUT2D eigenvalue weighted by atomic mass is 10.0. The molecule has 4 heteroatoms. The van der Waals surface area contributed by atoms with E-state index in [1.165, 1.54) is 0 Å². The predicted octanol–water partition coefficient (Wildman–Crippen LogP) is 2.43. The van der Waals surface area contributed by atoms with Crippen LogP contribution in [0.5, 0.6) is 0 Å². The van der Waals surface area contributed by atoms with Gasteiger partial charge in [-0.15, -0.1) is 0 Å². The Balaban J connectivity index is 2.46. The second kappa shape index (κ2) is 7.66. The second-order valence-electron chi connectivity index (χ2n) is 4.00. The fourth-order valence-electron chi connectivity index (χ4n) is 1.57. The van der Waals surface area contributed by atoms with E-state index in [1.54, 1.807) is 0 Å². The molecule has 1 amide bonds. The Morgan fingerprint density at radius 3 is 2.59 bits per heavy atom. The van der Waals surface area contributed by atoms with Gasteiger partial charge >= 0.3 is 0 Å². The third-order valence-corrected chi connectivity index (χ3v) is 3.49. The molecule has 1 atom stereocenters. The summed E-state index contributed by atoms with van der Waals surface area (Å²) in [5.41, 5.74) is 0.685. The standard InChI is InChI=1S/C13H18INO2/c1-2-10(7-8-16)9-15-13(17)11-3-5-12(14)6-4-11/h3-6,10,16H,2,7-9H2,1H3,(H,15,17). The summed E-state index contributed by atoms with van der Waals surface area (Å²) in [6.45, 7) is 2.87. The van der Waals surface area contributed by atoms with Crippen LogP contribution < -0.4 is 5.32 Å². The molecule has 0 bridgehead atoms. The van der Waals surface area contributed by atoms with E-state index in [-0.39, 0.29) is 12.5 Å². The van der Waals surface area contributed by atoms with Crippen LogP contribution in [-0.4, -0.2) is 24.2 Å². The molecule has 0 saturated heterocycles. The van der Waals surface area contributed by atoms with E-state index in [2.05, 4.69) is 34.8 Å². The molecule has 2 N–H and O–H groups in total. The van der Waals surface area contributed by atoms with E-state index in [0.29, 0.717) is 18.0 Å². The van der Waals surface area contributed by atoms with Crippen molar-refractivity contribution in [1.29, 1.82) is 0 Å². The molecule has 0 saturated carbocycles. The van der Waals surface area contributed by atoms with Gasteiger partial charge in [-0.1, -0.05) is 13.3 Å². The van der Waals surface area contributed by atoms with Gasteiger partial charge in [0.25, 0.3) is 5.91 Å². The zero-order valence-corrected chi connectivity index (χ0v) is 12.1. The molecular weight excluding hydrogens is 329 g/mol. The van der Waals surface area contributed by atoms with Crippen molar-refractivity contribution in [1.82, 2.24) is 5.32 Å². The van der Waals surface area contributed by atoms with E-state index < -0.39 is 0 Å². The van der Waals surface area contributed by atoms with Gasteiger partial charge in [0.2, 0.25) is 0 Å². The second-order valence-corrected chi connectivity index (χ2v) is 5.25. The van der Waals surface area contributed by atoms with Crippen molar-refractivity contribution in [3.63, 3.8) is 0 Å². The summed E-state index contributed by atoms with van der Waals surface area (Å²) in [4.78, 5) is 11.8.